The molecule has 0 atom stereocenters. The minimum atomic E-state index is -0.432. The number of aromatic nitrogens is 4. The summed E-state index contributed by atoms with van der Waals surface area (Å²) in [7, 11) is 0. The van der Waals surface area contributed by atoms with Crippen molar-refractivity contribution in [2.75, 3.05) is 17.2 Å². The largest absolute Gasteiger partial charge is 0.382 e. The topological polar surface area (TPSA) is 182 Å². The summed E-state index contributed by atoms with van der Waals surface area (Å²) in [5.41, 5.74) is 21.4. The highest BCUT2D eigenvalue weighted by atomic mass is 35.5. The number of nitrogens with two attached hydrogens (primary N) is 4. The van der Waals surface area contributed by atoms with Crippen LogP contribution in [0.1, 0.15) is 25.1 Å². The molecule has 0 spiro atoms. The lowest BCUT2D eigenvalue weighted by atomic mass is 10.2. The van der Waals surface area contributed by atoms with Gasteiger partial charge in [0.15, 0.2) is 0 Å². The van der Waals surface area contributed by atoms with E-state index in [2.05, 4.69) is 15.0 Å². The average Bonchev–Trinajstić information content (AvgIpc) is 3.50. The van der Waals surface area contributed by atoms with E-state index in [1.165, 1.54) is 12.8 Å². The van der Waals surface area contributed by atoms with Crippen molar-refractivity contribution in [2.24, 2.45) is 11.7 Å². The van der Waals surface area contributed by atoms with Crippen molar-refractivity contribution in [2.45, 2.75) is 32.2 Å². The molecule has 1 aromatic carbocycles. The predicted molar refractivity (Wildman–Crippen MR) is 122 cm³/mol. The minimum Gasteiger partial charge on any atom is -0.382 e. The molecule has 2 heterocycles. The van der Waals surface area contributed by atoms with Crippen LogP contribution in [-0.4, -0.2) is 25.4 Å². The lowest BCUT2D eigenvalue weighted by molar-refractivity contribution is -0.118. The number of nitrogens with zero attached hydrogens (tertiary/aromatic N) is 4. The van der Waals surface area contributed by atoms with Gasteiger partial charge in [-0.15, -0.1) is 0 Å². The summed E-state index contributed by atoms with van der Waals surface area (Å²) < 4.78 is 1.55. The maximum Gasteiger partial charge on any atom is 0.262 e. The zero-order chi connectivity index (χ0) is 22.7. The van der Waals surface area contributed by atoms with Crippen LogP contribution in [0.25, 0.3) is 10.9 Å². The van der Waals surface area contributed by atoms with Gasteiger partial charge in [0.25, 0.3) is 5.56 Å². The summed E-state index contributed by atoms with van der Waals surface area (Å²) in [5, 5.41) is 0.938. The smallest absolute Gasteiger partial charge is 0.262 e. The lowest BCUT2D eigenvalue weighted by Gasteiger charge is -2.13. The number of amides is 1. The van der Waals surface area contributed by atoms with Gasteiger partial charge >= 0.3 is 0 Å². The van der Waals surface area contributed by atoms with Gasteiger partial charge in [-0.3, -0.25) is 14.2 Å². The van der Waals surface area contributed by atoms with E-state index in [4.69, 9.17) is 46.1 Å². The standard InChI is InChI=1S/C15H16ClN3O2.C4H6ClN5/c16-10-2-1-3-11-14(10)15(21)19(7-6-12(17)20)13(18-11)8-9-4-5-9;5-1-2(6)9-4(8)10-3(1)7/h1-3,9H,4-8H2,(H2,17,20);(H6,6,7,8,9,10). The molecule has 4 rings (SSSR count). The van der Waals surface area contributed by atoms with Crippen LogP contribution in [-0.2, 0) is 17.8 Å². The molecule has 1 fully saturated rings. The van der Waals surface area contributed by atoms with Gasteiger partial charge in [0.1, 0.15) is 22.5 Å². The third-order valence-corrected chi connectivity index (χ3v) is 5.38. The second kappa shape index (κ2) is 9.36. The molecule has 31 heavy (non-hydrogen) atoms. The molecular formula is C19H22Cl2N8O2. The molecule has 164 valence electrons. The summed E-state index contributed by atoms with van der Waals surface area (Å²) in [6.45, 7) is 0.254. The van der Waals surface area contributed by atoms with E-state index in [9.17, 15) is 9.59 Å². The van der Waals surface area contributed by atoms with Gasteiger partial charge < -0.3 is 22.9 Å². The molecule has 8 N–H and O–H groups in total. The van der Waals surface area contributed by atoms with Crippen LogP contribution >= 0.6 is 23.2 Å². The van der Waals surface area contributed by atoms with Crippen molar-refractivity contribution in [1.82, 2.24) is 19.5 Å². The number of rotatable bonds is 5. The Kier molecular flexibility index (Phi) is 6.81. The zero-order valence-electron chi connectivity index (χ0n) is 16.5. The number of hydrogen-bond donors (Lipinski definition) is 4. The molecule has 0 bridgehead atoms. The summed E-state index contributed by atoms with van der Waals surface area (Å²) in [5.74, 6) is 1.11. The van der Waals surface area contributed by atoms with Crippen LogP contribution < -0.4 is 28.5 Å². The van der Waals surface area contributed by atoms with Crippen molar-refractivity contribution < 1.29 is 4.79 Å². The first-order valence-corrected chi connectivity index (χ1v) is 10.2. The molecule has 12 heteroatoms. The maximum absolute atomic E-state index is 12.7. The predicted octanol–water partition coefficient (Wildman–Crippen LogP) is 1.75. The van der Waals surface area contributed by atoms with Gasteiger partial charge in [-0.2, -0.15) is 9.97 Å². The number of fused-ring (bicyclic) bond motifs is 1. The lowest BCUT2D eigenvalue weighted by Crippen LogP contribution is -2.28. The number of halogens is 2. The molecule has 0 saturated heterocycles. The van der Waals surface area contributed by atoms with Gasteiger partial charge in [0, 0.05) is 19.4 Å². The quantitative estimate of drug-likeness (QED) is 0.439. The minimum absolute atomic E-state index is 0.0272. The van der Waals surface area contributed by atoms with Crippen LogP contribution in [0, 0.1) is 5.92 Å². The van der Waals surface area contributed by atoms with Crippen molar-refractivity contribution in [3.63, 3.8) is 0 Å². The number of hydrogen-bond acceptors (Lipinski definition) is 8. The molecule has 0 aliphatic heterocycles. The highest BCUT2D eigenvalue weighted by molar-refractivity contribution is 6.35. The van der Waals surface area contributed by atoms with E-state index in [0.717, 1.165) is 12.2 Å². The normalized spacial score (nSPS) is 13.0. The molecule has 2 aromatic heterocycles. The van der Waals surface area contributed by atoms with Crippen molar-refractivity contribution >= 4 is 57.6 Å². The van der Waals surface area contributed by atoms with Gasteiger partial charge in [-0.05, 0) is 30.9 Å². The first-order chi connectivity index (χ1) is 14.7. The molecule has 0 radical (unpaired) electrons. The molecule has 1 aliphatic carbocycles. The van der Waals surface area contributed by atoms with Crippen molar-refractivity contribution in [3.05, 3.63) is 44.4 Å². The molecule has 1 saturated carbocycles. The summed E-state index contributed by atoms with van der Waals surface area (Å²) in [6, 6.07) is 5.25. The fourth-order valence-corrected chi connectivity index (χ4v) is 3.29. The Balaban J connectivity index is 0.000000229. The summed E-state index contributed by atoms with van der Waals surface area (Å²) in [6.07, 6.45) is 3.21. The Morgan fingerprint density at radius 3 is 2.32 bits per heavy atom. The van der Waals surface area contributed by atoms with Crippen LogP contribution in [0.3, 0.4) is 0 Å². The fourth-order valence-electron chi connectivity index (χ4n) is 2.96. The summed E-state index contributed by atoms with van der Waals surface area (Å²) in [4.78, 5) is 35.4. The van der Waals surface area contributed by atoms with E-state index in [-0.39, 0.29) is 41.1 Å². The first-order valence-electron chi connectivity index (χ1n) is 9.47. The van der Waals surface area contributed by atoms with Crippen LogP contribution in [0.4, 0.5) is 17.6 Å². The Labute approximate surface area is 187 Å². The summed E-state index contributed by atoms with van der Waals surface area (Å²) >= 11 is 11.6. The SMILES string of the molecule is NC(=O)CCn1c(CC2CC2)nc2cccc(Cl)c2c1=O.Nc1nc(N)c(Cl)c(N)n1. The molecule has 10 nitrogen and oxygen atoms in total. The number of benzene rings is 1. The molecule has 3 aromatic rings. The second-order valence-corrected chi connectivity index (χ2v) is 7.93. The third kappa shape index (κ3) is 5.53. The van der Waals surface area contributed by atoms with E-state index in [1.54, 1.807) is 22.8 Å². The molecular weight excluding hydrogens is 443 g/mol. The van der Waals surface area contributed by atoms with Crippen LogP contribution in [0.15, 0.2) is 23.0 Å². The number of anilines is 3. The van der Waals surface area contributed by atoms with Crippen LogP contribution in [0.2, 0.25) is 10.0 Å². The zero-order valence-corrected chi connectivity index (χ0v) is 18.0. The van der Waals surface area contributed by atoms with E-state index >= 15 is 0 Å². The van der Waals surface area contributed by atoms with E-state index in [0.29, 0.717) is 21.8 Å². The number of nitrogen functional groups attached to an aromatic ring is 3. The van der Waals surface area contributed by atoms with Gasteiger partial charge in [0.05, 0.1) is 15.9 Å². The van der Waals surface area contributed by atoms with Crippen LogP contribution in [0.5, 0.6) is 0 Å². The maximum atomic E-state index is 12.7. The average molecular weight is 465 g/mol. The highest BCUT2D eigenvalue weighted by Crippen LogP contribution is 2.32. The highest BCUT2D eigenvalue weighted by Gasteiger charge is 2.25. The Morgan fingerprint density at radius 2 is 1.74 bits per heavy atom. The molecule has 0 unspecified atom stereocenters. The number of carbonyl (C=O) groups excluding carboxylic acids is 1. The fraction of sp³-hybridized carbons (Fsp3) is 0.316. The van der Waals surface area contributed by atoms with E-state index < -0.39 is 5.91 Å². The number of primary amides is 1. The van der Waals surface area contributed by atoms with E-state index in [1.807, 2.05) is 0 Å². The second-order valence-electron chi connectivity index (χ2n) is 7.15. The number of carbonyl (C=O) groups is 1. The van der Waals surface area contributed by atoms with Crippen molar-refractivity contribution in [1.29, 1.82) is 0 Å². The molecule has 1 amide bonds. The first kappa shape index (κ1) is 22.6. The van der Waals surface area contributed by atoms with Gasteiger partial charge in [-0.1, -0.05) is 29.3 Å². The molecule has 1 aliphatic rings. The monoisotopic (exact) mass is 464 g/mol. The van der Waals surface area contributed by atoms with Crippen molar-refractivity contribution in [3.8, 4) is 0 Å². The van der Waals surface area contributed by atoms with Gasteiger partial charge in [-0.25, -0.2) is 4.98 Å². The Bertz CT molecular complexity index is 1170. The van der Waals surface area contributed by atoms with Gasteiger partial charge in [0.2, 0.25) is 11.9 Å². The Hall–Kier alpha value is -3.11. The third-order valence-electron chi connectivity index (χ3n) is 4.68. The Morgan fingerprint density at radius 1 is 1.10 bits per heavy atom.